The number of nitrogens with one attached hydrogen (secondary N) is 1. The highest BCUT2D eigenvalue weighted by Gasteiger charge is 2.51. The summed E-state index contributed by atoms with van der Waals surface area (Å²) in [5.41, 5.74) is 1.61. The van der Waals surface area contributed by atoms with E-state index >= 15 is 0 Å². The zero-order valence-corrected chi connectivity index (χ0v) is 12.7. The van der Waals surface area contributed by atoms with Crippen molar-refractivity contribution in [2.45, 2.75) is 57.4 Å². The maximum absolute atomic E-state index is 12.5. The molecule has 0 heterocycles. The van der Waals surface area contributed by atoms with Crippen molar-refractivity contribution in [1.29, 1.82) is 0 Å². The molecule has 0 aliphatic heterocycles. The lowest BCUT2D eigenvalue weighted by Crippen LogP contribution is -2.45. The minimum atomic E-state index is -0.947. The van der Waals surface area contributed by atoms with Crippen molar-refractivity contribution in [3.05, 3.63) is 35.4 Å². The molecule has 0 bridgehead atoms. The van der Waals surface area contributed by atoms with Gasteiger partial charge in [-0.15, -0.1) is 0 Å². The molecule has 0 aromatic heterocycles. The van der Waals surface area contributed by atoms with Gasteiger partial charge in [0.2, 0.25) is 5.91 Å². The van der Waals surface area contributed by atoms with Gasteiger partial charge in [0.15, 0.2) is 0 Å². The van der Waals surface area contributed by atoms with Crippen molar-refractivity contribution >= 4 is 11.9 Å². The third-order valence-electron chi connectivity index (χ3n) is 4.21. The molecular formula is C17H23NO3. The number of benzene rings is 1. The fourth-order valence-electron chi connectivity index (χ4n) is 2.68. The fraction of sp³-hybridized carbons (Fsp3) is 0.529. The zero-order chi connectivity index (χ0) is 15.5. The minimum absolute atomic E-state index is 0.142. The lowest BCUT2D eigenvalue weighted by molar-refractivity contribution is -0.142. The first-order chi connectivity index (χ1) is 9.99. The third-order valence-corrected chi connectivity index (χ3v) is 4.21. The van der Waals surface area contributed by atoms with Crippen molar-refractivity contribution in [3.63, 3.8) is 0 Å². The van der Waals surface area contributed by atoms with Crippen LogP contribution in [0.3, 0.4) is 0 Å². The van der Waals surface area contributed by atoms with Gasteiger partial charge in [0, 0.05) is 0 Å². The molecule has 2 N–H and O–H groups in total. The van der Waals surface area contributed by atoms with Gasteiger partial charge in [0.25, 0.3) is 0 Å². The second kappa shape index (κ2) is 6.29. The molecule has 1 aliphatic rings. The minimum Gasteiger partial charge on any atom is -0.480 e. The van der Waals surface area contributed by atoms with Crippen molar-refractivity contribution in [1.82, 2.24) is 5.32 Å². The molecule has 1 fully saturated rings. The summed E-state index contributed by atoms with van der Waals surface area (Å²) in [6.45, 7) is 4.01. The van der Waals surface area contributed by atoms with E-state index in [1.54, 1.807) is 0 Å². The number of unbranched alkanes of at least 4 members (excludes halogenated alkanes) is 1. The largest absolute Gasteiger partial charge is 0.480 e. The van der Waals surface area contributed by atoms with Crippen molar-refractivity contribution < 1.29 is 14.7 Å². The Kier molecular flexibility index (Phi) is 4.66. The van der Waals surface area contributed by atoms with Crippen LogP contribution in [-0.4, -0.2) is 23.0 Å². The van der Waals surface area contributed by atoms with Crippen LogP contribution in [0.5, 0.6) is 0 Å². The monoisotopic (exact) mass is 289 g/mol. The molecule has 1 amide bonds. The van der Waals surface area contributed by atoms with Crippen LogP contribution in [0.2, 0.25) is 0 Å². The van der Waals surface area contributed by atoms with Crippen LogP contribution in [0, 0.1) is 6.92 Å². The van der Waals surface area contributed by atoms with Crippen molar-refractivity contribution in [2.75, 3.05) is 0 Å². The van der Waals surface area contributed by atoms with Gasteiger partial charge in [-0.25, -0.2) is 4.79 Å². The highest BCUT2D eigenvalue weighted by Crippen LogP contribution is 2.48. The number of aliphatic carboxylic acids is 1. The predicted octanol–water partition coefficient (Wildman–Crippen LogP) is 2.79. The summed E-state index contributed by atoms with van der Waals surface area (Å²) in [4.78, 5) is 23.8. The molecule has 114 valence electrons. The Morgan fingerprint density at radius 2 is 2.10 bits per heavy atom. The van der Waals surface area contributed by atoms with E-state index in [9.17, 15) is 14.7 Å². The first-order valence-electron chi connectivity index (χ1n) is 7.60. The van der Waals surface area contributed by atoms with Crippen LogP contribution in [0.15, 0.2) is 24.3 Å². The first kappa shape index (κ1) is 15.5. The van der Waals surface area contributed by atoms with Crippen molar-refractivity contribution in [3.8, 4) is 0 Å². The highest BCUT2D eigenvalue weighted by molar-refractivity contribution is 5.94. The summed E-state index contributed by atoms with van der Waals surface area (Å²) >= 11 is 0. The first-order valence-corrected chi connectivity index (χ1v) is 7.60. The summed E-state index contributed by atoms with van der Waals surface area (Å²) in [6, 6.07) is 7.15. The maximum Gasteiger partial charge on any atom is 0.326 e. The summed E-state index contributed by atoms with van der Waals surface area (Å²) in [5.74, 6) is -1.09. The molecule has 0 saturated heterocycles. The molecule has 1 aromatic carbocycles. The van der Waals surface area contributed by atoms with Crippen LogP contribution in [0.25, 0.3) is 0 Å². The molecule has 1 aliphatic carbocycles. The van der Waals surface area contributed by atoms with Gasteiger partial charge < -0.3 is 10.4 Å². The number of amides is 1. The molecule has 1 unspecified atom stereocenters. The number of carbonyl (C=O) groups excluding carboxylic acids is 1. The molecule has 0 spiro atoms. The Hall–Kier alpha value is -1.84. The average Bonchev–Trinajstić information content (AvgIpc) is 3.24. The molecule has 1 atom stereocenters. The summed E-state index contributed by atoms with van der Waals surface area (Å²) < 4.78 is 0. The fourth-order valence-corrected chi connectivity index (χ4v) is 2.68. The number of hydrogen-bond acceptors (Lipinski definition) is 2. The lowest BCUT2D eigenvalue weighted by atomic mass is 9.93. The van der Waals surface area contributed by atoms with E-state index < -0.39 is 17.4 Å². The maximum atomic E-state index is 12.5. The predicted molar refractivity (Wildman–Crippen MR) is 81.2 cm³/mol. The molecular weight excluding hydrogens is 266 g/mol. The van der Waals surface area contributed by atoms with E-state index in [4.69, 9.17) is 0 Å². The van der Waals surface area contributed by atoms with Gasteiger partial charge in [-0.3, -0.25) is 4.79 Å². The number of hydrogen-bond donors (Lipinski definition) is 2. The summed E-state index contributed by atoms with van der Waals surface area (Å²) in [6.07, 6.45) is 3.80. The van der Waals surface area contributed by atoms with Crippen LogP contribution in [0.4, 0.5) is 0 Å². The van der Waals surface area contributed by atoms with E-state index in [2.05, 4.69) is 5.32 Å². The lowest BCUT2D eigenvalue weighted by Gasteiger charge is -2.20. The second-order valence-electron chi connectivity index (χ2n) is 5.96. The Bertz CT molecular complexity index is 535. The van der Waals surface area contributed by atoms with Gasteiger partial charge >= 0.3 is 5.97 Å². The van der Waals surface area contributed by atoms with Gasteiger partial charge in [-0.1, -0.05) is 49.6 Å². The molecule has 2 rings (SSSR count). The SMILES string of the molecule is CCCCC(NC(=O)C1(c2cccc(C)c2)CC1)C(=O)O. The molecule has 4 heteroatoms. The van der Waals surface area contributed by atoms with Crippen molar-refractivity contribution in [2.24, 2.45) is 0 Å². The molecule has 0 radical (unpaired) electrons. The molecule has 21 heavy (non-hydrogen) atoms. The number of carboxylic acid groups (broad SMARTS) is 1. The Labute approximate surface area is 125 Å². The smallest absolute Gasteiger partial charge is 0.326 e. The Morgan fingerprint density at radius 3 is 2.62 bits per heavy atom. The topological polar surface area (TPSA) is 66.4 Å². The van der Waals surface area contributed by atoms with Gasteiger partial charge in [-0.05, 0) is 31.7 Å². The van der Waals surface area contributed by atoms with E-state index in [0.717, 1.165) is 36.8 Å². The van der Waals surface area contributed by atoms with Gasteiger partial charge in [0.1, 0.15) is 6.04 Å². The van der Waals surface area contributed by atoms with Crippen LogP contribution < -0.4 is 5.32 Å². The van der Waals surface area contributed by atoms with E-state index in [-0.39, 0.29) is 5.91 Å². The van der Waals surface area contributed by atoms with Crippen LogP contribution in [0.1, 0.15) is 50.2 Å². The second-order valence-corrected chi connectivity index (χ2v) is 5.96. The third kappa shape index (κ3) is 3.43. The molecule has 1 saturated carbocycles. The van der Waals surface area contributed by atoms with E-state index in [1.807, 2.05) is 38.1 Å². The highest BCUT2D eigenvalue weighted by atomic mass is 16.4. The standard InChI is InChI=1S/C17H23NO3/c1-3-4-8-14(15(19)20)18-16(21)17(9-10-17)13-7-5-6-12(2)11-13/h5-7,11,14H,3-4,8-10H2,1-2H3,(H,18,21)(H,19,20). The Balaban J connectivity index is 2.10. The van der Waals surface area contributed by atoms with Gasteiger partial charge in [0.05, 0.1) is 5.41 Å². The Morgan fingerprint density at radius 1 is 1.38 bits per heavy atom. The number of rotatable bonds is 7. The molecule has 1 aromatic rings. The van der Waals surface area contributed by atoms with Crippen LogP contribution >= 0.6 is 0 Å². The summed E-state index contributed by atoms with van der Waals surface area (Å²) in [5, 5.41) is 12.0. The van der Waals surface area contributed by atoms with Gasteiger partial charge in [-0.2, -0.15) is 0 Å². The zero-order valence-electron chi connectivity index (χ0n) is 12.7. The average molecular weight is 289 g/mol. The number of carboxylic acids is 1. The van der Waals surface area contributed by atoms with E-state index in [1.165, 1.54) is 0 Å². The van der Waals surface area contributed by atoms with E-state index in [0.29, 0.717) is 6.42 Å². The number of carbonyl (C=O) groups is 2. The quantitative estimate of drug-likeness (QED) is 0.811. The van der Waals surface area contributed by atoms with Crippen LogP contribution in [-0.2, 0) is 15.0 Å². The number of aryl methyl sites for hydroxylation is 1. The molecule has 4 nitrogen and oxygen atoms in total. The summed E-state index contributed by atoms with van der Waals surface area (Å²) in [7, 11) is 0. The normalized spacial score (nSPS) is 17.0.